The van der Waals surface area contributed by atoms with E-state index in [0.29, 0.717) is 0 Å². The molecule has 0 fully saturated rings. The average molecular weight is 253 g/mol. The number of hydrogen-bond acceptors (Lipinski definition) is 3. The second kappa shape index (κ2) is 5.14. The molecule has 1 N–H and O–H groups in total. The number of likely N-dealkylation sites (N-methyl/N-ethyl adjacent to an activating group) is 1. The number of rotatable bonds is 4. The largest absolute Gasteiger partial charge is 0.480 e. The van der Waals surface area contributed by atoms with E-state index in [9.17, 15) is 9.59 Å². The first kappa shape index (κ1) is 13.4. The maximum absolute atomic E-state index is 11.8. The van der Waals surface area contributed by atoms with Crippen molar-refractivity contribution in [3.8, 4) is 0 Å². The van der Waals surface area contributed by atoms with Crippen molar-refractivity contribution < 1.29 is 14.7 Å². The number of thiophene rings is 1. The second-order valence-corrected chi connectivity index (χ2v) is 5.09. The molecule has 0 atom stereocenters. The highest BCUT2D eigenvalue weighted by molar-refractivity contribution is 7.10. The number of carbonyl (C=O) groups is 2. The molecule has 5 heteroatoms. The van der Waals surface area contributed by atoms with Crippen molar-refractivity contribution >= 4 is 29.3 Å². The summed E-state index contributed by atoms with van der Waals surface area (Å²) in [6.45, 7) is 2.98. The summed E-state index contributed by atoms with van der Waals surface area (Å²) in [5, 5.41) is 10.9. The van der Waals surface area contributed by atoms with E-state index in [-0.39, 0.29) is 5.91 Å². The minimum Gasteiger partial charge on any atom is -0.480 e. The van der Waals surface area contributed by atoms with E-state index in [4.69, 9.17) is 5.11 Å². The van der Waals surface area contributed by atoms with Gasteiger partial charge in [-0.25, -0.2) is 4.79 Å². The fraction of sp³-hybridized carbons (Fsp3) is 0.333. The highest BCUT2D eigenvalue weighted by atomic mass is 32.1. The third-order valence-corrected chi connectivity index (χ3v) is 3.46. The van der Waals surface area contributed by atoms with Crippen LogP contribution in [0, 0.1) is 0 Å². The summed E-state index contributed by atoms with van der Waals surface area (Å²) < 4.78 is 0. The first-order chi connectivity index (χ1) is 7.85. The summed E-state index contributed by atoms with van der Waals surface area (Å²) in [6.07, 6.45) is 3.07. The van der Waals surface area contributed by atoms with Crippen LogP contribution in [0.15, 0.2) is 23.6 Å². The topological polar surface area (TPSA) is 57.6 Å². The van der Waals surface area contributed by atoms with E-state index in [2.05, 4.69) is 0 Å². The minimum absolute atomic E-state index is 0.328. The molecule has 0 aliphatic heterocycles. The van der Waals surface area contributed by atoms with E-state index in [0.717, 1.165) is 4.88 Å². The number of amides is 1. The van der Waals surface area contributed by atoms with Crippen LogP contribution < -0.4 is 0 Å². The fourth-order valence-electron chi connectivity index (χ4n) is 1.07. The lowest BCUT2D eigenvalue weighted by atomic mass is 10.0. The van der Waals surface area contributed by atoms with E-state index >= 15 is 0 Å². The van der Waals surface area contributed by atoms with Gasteiger partial charge in [0.05, 0.1) is 0 Å². The highest BCUT2D eigenvalue weighted by Gasteiger charge is 2.34. The molecule has 0 aromatic carbocycles. The lowest BCUT2D eigenvalue weighted by Crippen LogP contribution is -2.50. The van der Waals surface area contributed by atoms with E-state index < -0.39 is 11.5 Å². The van der Waals surface area contributed by atoms with E-state index in [1.807, 2.05) is 17.5 Å². The smallest absolute Gasteiger partial charge is 0.329 e. The van der Waals surface area contributed by atoms with Crippen LogP contribution in [0.5, 0.6) is 0 Å². The second-order valence-electron chi connectivity index (χ2n) is 4.11. The molecular formula is C12H15NO3S. The lowest BCUT2D eigenvalue weighted by molar-refractivity contribution is -0.153. The summed E-state index contributed by atoms with van der Waals surface area (Å²) in [4.78, 5) is 24.9. The van der Waals surface area contributed by atoms with Gasteiger partial charge in [-0.1, -0.05) is 6.07 Å². The van der Waals surface area contributed by atoms with Gasteiger partial charge in [-0.2, -0.15) is 0 Å². The number of nitrogens with zero attached hydrogens (tertiary/aromatic N) is 1. The van der Waals surface area contributed by atoms with Crippen LogP contribution in [0.2, 0.25) is 0 Å². The summed E-state index contributed by atoms with van der Waals surface area (Å²) >= 11 is 1.52. The molecule has 0 bridgehead atoms. The number of carboxylic acids is 1. The molecule has 92 valence electrons. The van der Waals surface area contributed by atoms with Crippen LogP contribution in [0.4, 0.5) is 0 Å². The summed E-state index contributed by atoms with van der Waals surface area (Å²) in [7, 11) is 1.48. The number of carbonyl (C=O) groups excluding carboxylic acids is 1. The molecule has 1 aromatic rings. The number of aliphatic carboxylic acids is 1. The van der Waals surface area contributed by atoms with Crippen LogP contribution >= 0.6 is 11.3 Å². The highest BCUT2D eigenvalue weighted by Crippen LogP contribution is 2.15. The Bertz CT molecular complexity index is 435. The van der Waals surface area contributed by atoms with Crippen LogP contribution in [0.3, 0.4) is 0 Å². The third kappa shape index (κ3) is 3.17. The molecule has 0 unspecified atom stereocenters. The van der Waals surface area contributed by atoms with Crippen molar-refractivity contribution in [3.63, 3.8) is 0 Å². The standard InChI is InChI=1S/C12H15NO3S/c1-12(2,11(15)16)13(3)10(14)7-6-9-5-4-8-17-9/h4-8H,1-3H3,(H,15,16). The quantitative estimate of drug-likeness (QED) is 0.836. The van der Waals surface area contributed by atoms with Crippen molar-refractivity contribution in [1.29, 1.82) is 0 Å². The van der Waals surface area contributed by atoms with Crippen molar-refractivity contribution in [3.05, 3.63) is 28.5 Å². The Balaban J connectivity index is 2.74. The number of hydrogen-bond donors (Lipinski definition) is 1. The van der Waals surface area contributed by atoms with Gasteiger partial charge in [-0.3, -0.25) is 4.79 Å². The van der Waals surface area contributed by atoms with E-state index in [1.54, 1.807) is 6.08 Å². The molecular weight excluding hydrogens is 238 g/mol. The van der Waals surface area contributed by atoms with Gasteiger partial charge in [0, 0.05) is 18.0 Å². The SMILES string of the molecule is CN(C(=O)C=Cc1cccs1)C(C)(C)C(=O)O. The monoisotopic (exact) mass is 253 g/mol. The molecule has 17 heavy (non-hydrogen) atoms. The first-order valence-corrected chi connectivity index (χ1v) is 5.96. The maximum atomic E-state index is 11.8. The lowest BCUT2D eigenvalue weighted by Gasteiger charge is -2.30. The van der Waals surface area contributed by atoms with Crippen LogP contribution in [-0.4, -0.2) is 34.5 Å². The molecule has 0 aliphatic carbocycles. The summed E-state index contributed by atoms with van der Waals surface area (Å²) in [6, 6.07) is 3.77. The zero-order valence-corrected chi connectivity index (χ0v) is 10.8. The van der Waals surface area contributed by atoms with Gasteiger partial charge in [0.1, 0.15) is 5.54 Å². The van der Waals surface area contributed by atoms with Gasteiger partial charge in [0.2, 0.25) is 5.91 Å². The first-order valence-electron chi connectivity index (χ1n) is 5.08. The predicted octanol–water partition coefficient (Wildman–Crippen LogP) is 2.08. The van der Waals surface area contributed by atoms with Crippen molar-refractivity contribution in [2.75, 3.05) is 7.05 Å². The maximum Gasteiger partial charge on any atom is 0.329 e. The molecule has 1 amide bonds. The van der Waals surface area contributed by atoms with Gasteiger partial charge < -0.3 is 10.0 Å². The van der Waals surface area contributed by atoms with Crippen molar-refractivity contribution in [2.45, 2.75) is 19.4 Å². The van der Waals surface area contributed by atoms with Gasteiger partial charge in [0.15, 0.2) is 0 Å². The molecule has 0 spiro atoms. The van der Waals surface area contributed by atoms with Crippen molar-refractivity contribution in [2.24, 2.45) is 0 Å². The van der Waals surface area contributed by atoms with Crippen LogP contribution in [0.1, 0.15) is 18.7 Å². The minimum atomic E-state index is -1.21. The van der Waals surface area contributed by atoms with Crippen molar-refractivity contribution in [1.82, 2.24) is 4.90 Å². The van der Waals surface area contributed by atoms with Gasteiger partial charge in [0.25, 0.3) is 0 Å². The normalized spacial score (nSPS) is 11.7. The molecule has 0 radical (unpaired) electrons. The molecule has 0 aliphatic rings. The fourth-order valence-corrected chi connectivity index (χ4v) is 1.69. The average Bonchev–Trinajstić information content (AvgIpc) is 2.77. The zero-order valence-electron chi connectivity index (χ0n) is 10.0. The Kier molecular flexibility index (Phi) is 4.07. The predicted molar refractivity (Wildman–Crippen MR) is 67.8 cm³/mol. The molecule has 4 nitrogen and oxygen atoms in total. The van der Waals surface area contributed by atoms with E-state index in [1.165, 1.54) is 43.2 Å². The van der Waals surface area contributed by atoms with Gasteiger partial charge >= 0.3 is 5.97 Å². The van der Waals surface area contributed by atoms with Gasteiger partial charge in [-0.05, 0) is 31.4 Å². The Labute approximate surface area is 104 Å². The van der Waals surface area contributed by atoms with Crippen LogP contribution in [-0.2, 0) is 9.59 Å². The third-order valence-electron chi connectivity index (χ3n) is 2.63. The summed E-state index contributed by atoms with van der Waals surface area (Å²) in [5.41, 5.74) is -1.21. The molecule has 0 saturated carbocycles. The molecule has 1 heterocycles. The number of carboxylic acid groups (broad SMARTS) is 1. The Morgan fingerprint density at radius 1 is 1.47 bits per heavy atom. The Morgan fingerprint density at radius 3 is 2.59 bits per heavy atom. The molecule has 1 rings (SSSR count). The summed E-state index contributed by atoms with van der Waals surface area (Å²) in [5.74, 6) is -1.36. The zero-order chi connectivity index (χ0) is 13.1. The van der Waals surface area contributed by atoms with Gasteiger partial charge in [-0.15, -0.1) is 11.3 Å². The Hall–Kier alpha value is -1.62. The van der Waals surface area contributed by atoms with Crippen LogP contribution in [0.25, 0.3) is 6.08 Å². The molecule has 0 saturated heterocycles. The Morgan fingerprint density at radius 2 is 2.12 bits per heavy atom. The molecule has 1 aromatic heterocycles.